The molecule has 0 bridgehead atoms. The minimum atomic E-state index is -0.435. The number of carbonyl (C=O) groups is 1. The van der Waals surface area contributed by atoms with E-state index >= 15 is 0 Å². The van der Waals surface area contributed by atoms with Crippen molar-refractivity contribution in [3.8, 4) is 0 Å². The van der Waals surface area contributed by atoms with E-state index < -0.39 is 11.2 Å². The number of hydrogen-bond donors (Lipinski definition) is 2. The number of ether oxygens (including phenoxy) is 1. The summed E-state index contributed by atoms with van der Waals surface area (Å²) in [5.74, 6) is 0.897. The Bertz CT molecular complexity index is 941. The molecule has 0 aromatic carbocycles. The van der Waals surface area contributed by atoms with Crippen LogP contribution in [0.5, 0.6) is 0 Å². The van der Waals surface area contributed by atoms with E-state index in [4.69, 9.17) is 4.74 Å². The maximum absolute atomic E-state index is 12.6. The fourth-order valence-corrected chi connectivity index (χ4v) is 3.41. The fraction of sp³-hybridized carbons (Fsp3) is 0.714. The number of fused-ring (bicyclic) bond motifs is 1. The van der Waals surface area contributed by atoms with Crippen LogP contribution in [-0.2, 0) is 29.0 Å². The maximum Gasteiger partial charge on any atom is 0.330 e. The molecule has 0 radical (unpaired) electrons. The normalized spacial score (nSPS) is 11.5. The van der Waals surface area contributed by atoms with Gasteiger partial charge in [0.05, 0.1) is 0 Å². The Morgan fingerprint density at radius 1 is 1.20 bits per heavy atom. The molecule has 0 aliphatic heterocycles. The molecule has 0 atom stereocenters. The lowest BCUT2D eigenvalue weighted by atomic mass is 10.2. The Morgan fingerprint density at radius 3 is 2.63 bits per heavy atom. The average molecular weight is 422 g/mol. The van der Waals surface area contributed by atoms with E-state index in [1.807, 2.05) is 11.5 Å². The van der Waals surface area contributed by atoms with Crippen molar-refractivity contribution in [2.45, 2.75) is 72.4 Å². The zero-order valence-electron chi connectivity index (χ0n) is 18.6. The van der Waals surface area contributed by atoms with Gasteiger partial charge >= 0.3 is 5.69 Å². The smallest absolute Gasteiger partial charge is 0.330 e. The van der Waals surface area contributed by atoms with E-state index in [2.05, 4.69) is 29.1 Å². The largest absolute Gasteiger partial charge is 0.385 e. The molecule has 0 saturated heterocycles. The predicted molar refractivity (Wildman–Crippen MR) is 117 cm³/mol. The van der Waals surface area contributed by atoms with Crippen LogP contribution in [0.2, 0.25) is 0 Å². The van der Waals surface area contributed by atoms with Crippen LogP contribution in [0.4, 0.5) is 0 Å². The van der Waals surface area contributed by atoms with Crippen LogP contribution in [0.25, 0.3) is 11.2 Å². The zero-order chi connectivity index (χ0) is 22.1. The van der Waals surface area contributed by atoms with Gasteiger partial charge in [-0.15, -0.1) is 0 Å². The first kappa shape index (κ1) is 23.9. The number of carbonyl (C=O) groups excluding carboxylic acids is 1. The van der Waals surface area contributed by atoms with E-state index in [1.54, 1.807) is 7.11 Å². The molecule has 9 nitrogen and oxygen atoms in total. The molecular formula is C21H35N5O4. The number of aryl methyl sites for hydroxylation is 2. The van der Waals surface area contributed by atoms with Gasteiger partial charge in [-0.3, -0.25) is 19.1 Å². The van der Waals surface area contributed by atoms with E-state index in [9.17, 15) is 14.4 Å². The van der Waals surface area contributed by atoms with Crippen molar-refractivity contribution >= 4 is 17.1 Å². The third kappa shape index (κ3) is 6.29. The van der Waals surface area contributed by atoms with Crippen LogP contribution in [0.1, 0.15) is 58.7 Å². The minimum Gasteiger partial charge on any atom is -0.385 e. The number of hydrogen-bond acceptors (Lipinski definition) is 5. The highest BCUT2D eigenvalue weighted by Crippen LogP contribution is 2.16. The van der Waals surface area contributed by atoms with Crippen LogP contribution in [0.3, 0.4) is 0 Å². The second kappa shape index (κ2) is 11.7. The first-order valence-electron chi connectivity index (χ1n) is 10.9. The van der Waals surface area contributed by atoms with Crippen molar-refractivity contribution in [2.24, 2.45) is 5.92 Å². The molecule has 0 aliphatic rings. The lowest BCUT2D eigenvalue weighted by Crippen LogP contribution is -2.31. The molecule has 2 aromatic rings. The van der Waals surface area contributed by atoms with Gasteiger partial charge in [-0.05, 0) is 25.2 Å². The van der Waals surface area contributed by atoms with Crippen LogP contribution < -0.4 is 16.6 Å². The number of rotatable bonds is 13. The highest BCUT2D eigenvalue weighted by molar-refractivity contribution is 5.76. The van der Waals surface area contributed by atoms with Gasteiger partial charge in [0.25, 0.3) is 5.56 Å². The Morgan fingerprint density at radius 2 is 1.97 bits per heavy atom. The summed E-state index contributed by atoms with van der Waals surface area (Å²) in [6, 6.07) is 0. The number of aromatic amines is 1. The molecule has 0 fully saturated rings. The van der Waals surface area contributed by atoms with Gasteiger partial charge in [-0.25, -0.2) is 9.78 Å². The zero-order valence-corrected chi connectivity index (χ0v) is 18.6. The molecule has 30 heavy (non-hydrogen) atoms. The van der Waals surface area contributed by atoms with E-state index in [0.29, 0.717) is 49.7 Å². The van der Waals surface area contributed by atoms with Gasteiger partial charge in [0.1, 0.15) is 5.82 Å². The predicted octanol–water partition coefficient (Wildman–Crippen LogP) is 1.82. The quantitative estimate of drug-likeness (QED) is 0.479. The Kier molecular flexibility index (Phi) is 9.29. The Labute approximate surface area is 176 Å². The van der Waals surface area contributed by atoms with Crippen molar-refractivity contribution in [2.75, 3.05) is 20.3 Å². The third-order valence-electron chi connectivity index (χ3n) is 4.92. The SMILES string of the molecule is CCCCn1c(=O)[nH]c(=O)c2c1nc(CCC(=O)NCCCCOC)n2CC(C)C. The van der Waals surface area contributed by atoms with Crippen LogP contribution >= 0.6 is 0 Å². The monoisotopic (exact) mass is 421 g/mol. The van der Waals surface area contributed by atoms with Crippen LogP contribution in [-0.4, -0.2) is 45.3 Å². The van der Waals surface area contributed by atoms with E-state index in [-0.39, 0.29) is 18.2 Å². The number of nitrogens with one attached hydrogen (secondary N) is 2. The van der Waals surface area contributed by atoms with Gasteiger partial charge in [-0.2, -0.15) is 0 Å². The first-order chi connectivity index (χ1) is 14.4. The molecule has 1 amide bonds. The third-order valence-corrected chi connectivity index (χ3v) is 4.92. The topological polar surface area (TPSA) is 111 Å². The molecule has 2 N–H and O–H groups in total. The van der Waals surface area contributed by atoms with Crippen LogP contribution in [0, 0.1) is 5.92 Å². The summed E-state index contributed by atoms with van der Waals surface area (Å²) in [6.45, 7) is 8.56. The molecule has 0 spiro atoms. The number of aromatic nitrogens is 4. The van der Waals surface area contributed by atoms with E-state index in [0.717, 1.165) is 25.7 Å². The molecule has 0 unspecified atom stereocenters. The van der Waals surface area contributed by atoms with Gasteiger partial charge in [-0.1, -0.05) is 27.2 Å². The molecule has 9 heteroatoms. The summed E-state index contributed by atoms with van der Waals surface area (Å²) in [5, 5.41) is 2.91. The fourth-order valence-electron chi connectivity index (χ4n) is 3.41. The highest BCUT2D eigenvalue weighted by atomic mass is 16.5. The summed E-state index contributed by atoms with van der Waals surface area (Å²) in [5.41, 5.74) is -0.0394. The lowest BCUT2D eigenvalue weighted by Gasteiger charge is -2.11. The molecule has 2 heterocycles. The van der Waals surface area contributed by atoms with Gasteiger partial charge in [0.2, 0.25) is 5.91 Å². The lowest BCUT2D eigenvalue weighted by molar-refractivity contribution is -0.121. The molecule has 0 saturated carbocycles. The molecule has 2 aromatic heterocycles. The number of amides is 1. The Hall–Kier alpha value is -2.42. The second-order valence-electron chi connectivity index (χ2n) is 8.02. The molecule has 2 rings (SSSR count). The summed E-state index contributed by atoms with van der Waals surface area (Å²) in [4.78, 5) is 44.2. The first-order valence-corrected chi connectivity index (χ1v) is 10.9. The highest BCUT2D eigenvalue weighted by Gasteiger charge is 2.19. The average Bonchev–Trinajstić information content (AvgIpc) is 3.04. The number of unbranched alkanes of at least 4 members (excludes halogenated alkanes) is 2. The van der Waals surface area contributed by atoms with Crippen molar-refractivity contribution in [3.05, 3.63) is 26.7 Å². The summed E-state index contributed by atoms with van der Waals surface area (Å²) >= 11 is 0. The summed E-state index contributed by atoms with van der Waals surface area (Å²) < 4.78 is 8.41. The summed E-state index contributed by atoms with van der Waals surface area (Å²) in [7, 11) is 1.66. The minimum absolute atomic E-state index is 0.0483. The summed E-state index contributed by atoms with van der Waals surface area (Å²) in [6.07, 6.45) is 4.20. The number of nitrogens with zero attached hydrogens (tertiary/aromatic N) is 3. The van der Waals surface area contributed by atoms with Gasteiger partial charge < -0.3 is 14.6 Å². The van der Waals surface area contributed by atoms with Crippen molar-refractivity contribution in [1.29, 1.82) is 0 Å². The van der Waals surface area contributed by atoms with Crippen molar-refractivity contribution < 1.29 is 9.53 Å². The molecule has 168 valence electrons. The number of methoxy groups -OCH3 is 1. The molecule has 0 aliphatic carbocycles. The van der Waals surface area contributed by atoms with Crippen molar-refractivity contribution in [1.82, 2.24) is 24.4 Å². The van der Waals surface area contributed by atoms with E-state index in [1.165, 1.54) is 4.57 Å². The number of H-pyrrole nitrogens is 1. The van der Waals surface area contributed by atoms with Gasteiger partial charge in [0.15, 0.2) is 11.2 Å². The Balaban J connectivity index is 2.25. The standard InChI is InChI=1S/C21H35N5O4/c1-5-6-12-25-19-18(20(28)24-21(25)29)26(14-15(2)3)16(23-19)9-10-17(27)22-11-7-8-13-30-4/h15H,5-14H2,1-4H3,(H,22,27)(H,24,28,29). The number of imidazole rings is 1. The van der Waals surface area contributed by atoms with Crippen LogP contribution in [0.15, 0.2) is 9.59 Å². The second-order valence-corrected chi connectivity index (χ2v) is 8.02. The molecular weight excluding hydrogens is 386 g/mol. The van der Waals surface area contributed by atoms with Gasteiger partial charge in [0, 0.05) is 46.2 Å². The maximum atomic E-state index is 12.6. The van der Waals surface area contributed by atoms with Crippen molar-refractivity contribution in [3.63, 3.8) is 0 Å².